The molecule has 0 spiro atoms. The summed E-state index contributed by atoms with van der Waals surface area (Å²) in [5.41, 5.74) is -1.28. The van der Waals surface area contributed by atoms with Crippen molar-refractivity contribution in [3.05, 3.63) is 58.4 Å². The lowest BCUT2D eigenvalue weighted by molar-refractivity contribution is -0.0323. The average molecular weight is 417 g/mol. The van der Waals surface area contributed by atoms with Gasteiger partial charge < -0.3 is 9.83 Å². The van der Waals surface area contributed by atoms with Crippen molar-refractivity contribution in [2.75, 3.05) is 4.72 Å². The Balaban J connectivity index is 1.85. The first-order chi connectivity index (χ1) is 12.4. The van der Waals surface area contributed by atoms with Gasteiger partial charge in [-0.15, -0.1) is 11.3 Å². The normalized spacial score (nSPS) is 11.6. The molecule has 0 bridgehead atoms. The fourth-order valence-electron chi connectivity index (χ4n) is 2.29. The van der Waals surface area contributed by atoms with E-state index in [9.17, 15) is 18.3 Å². The molecule has 1 heterocycles. The highest BCUT2D eigenvalue weighted by molar-refractivity contribution is 8.01. The van der Waals surface area contributed by atoms with Crippen molar-refractivity contribution in [2.45, 2.75) is 12.1 Å². The van der Waals surface area contributed by atoms with Crippen molar-refractivity contribution in [3.63, 3.8) is 0 Å². The van der Waals surface area contributed by atoms with E-state index in [4.69, 9.17) is 11.6 Å². The highest BCUT2D eigenvalue weighted by Crippen LogP contribution is 2.37. The number of rotatable bonds is 5. The molecule has 0 aliphatic heterocycles. The number of anilines is 1. The van der Waals surface area contributed by atoms with Crippen LogP contribution in [-0.2, 0) is 6.61 Å². The molecule has 0 radical (unpaired) electrons. The van der Waals surface area contributed by atoms with Crippen molar-refractivity contribution in [2.24, 2.45) is 0 Å². The van der Waals surface area contributed by atoms with Gasteiger partial charge in [0.05, 0.1) is 29.3 Å². The zero-order valence-electron chi connectivity index (χ0n) is 13.0. The SMILES string of the molecule is OCc1ccccc1-c1nc(-c2ccc(NSC(F)(F)F)cc2Cl)cs1. The van der Waals surface area contributed by atoms with Gasteiger partial charge in [0.25, 0.3) is 0 Å². The second-order valence-corrected chi connectivity index (χ2v) is 7.33. The van der Waals surface area contributed by atoms with Crippen LogP contribution in [0.15, 0.2) is 47.8 Å². The number of nitrogens with zero attached hydrogens (tertiary/aromatic N) is 1. The van der Waals surface area contributed by atoms with Crippen LogP contribution in [0.1, 0.15) is 5.56 Å². The summed E-state index contributed by atoms with van der Waals surface area (Å²) in [4.78, 5) is 4.55. The fourth-order valence-corrected chi connectivity index (χ4v) is 3.81. The first kappa shape index (κ1) is 19.0. The van der Waals surface area contributed by atoms with Gasteiger partial charge in [-0.1, -0.05) is 35.9 Å². The van der Waals surface area contributed by atoms with E-state index in [1.807, 2.05) is 29.6 Å². The molecule has 1 aromatic heterocycles. The molecule has 0 aliphatic carbocycles. The first-order valence-corrected chi connectivity index (χ1v) is 9.40. The van der Waals surface area contributed by atoms with Crippen molar-refractivity contribution in [1.29, 1.82) is 0 Å². The molecular weight excluding hydrogens is 405 g/mol. The topological polar surface area (TPSA) is 45.2 Å². The molecule has 0 saturated heterocycles. The largest absolute Gasteiger partial charge is 0.461 e. The number of benzene rings is 2. The summed E-state index contributed by atoms with van der Waals surface area (Å²) in [5.74, 6) is 0. The Morgan fingerprint density at radius 1 is 1.15 bits per heavy atom. The van der Waals surface area contributed by atoms with Gasteiger partial charge in [0.15, 0.2) is 0 Å². The zero-order chi connectivity index (χ0) is 18.7. The Morgan fingerprint density at radius 2 is 1.92 bits per heavy atom. The zero-order valence-corrected chi connectivity index (χ0v) is 15.4. The van der Waals surface area contributed by atoms with Crippen LogP contribution in [0.25, 0.3) is 21.8 Å². The third kappa shape index (κ3) is 4.50. The predicted molar refractivity (Wildman–Crippen MR) is 101 cm³/mol. The number of halogens is 4. The van der Waals surface area contributed by atoms with E-state index in [1.165, 1.54) is 23.5 Å². The maximum atomic E-state index is 12.3. The third-order valence-corrected chi connectivity index (χ3v) is 5.21. The summed E-state index contributed by atoms with van der Waals surface area (Å²) < 4.78 is 39.0. The van der Waals surface area contributed by atoms with Crippen LogP contribution in [-0.4, -0.2) is 15.6 Å². The van der Waals surface area contributed by atoms with Gasteiger partial charge >= 0.3 is 5.51 Å². The Bertz CT molecular complexity index is 915. The van der Waals surface area contributed by atoms with Gasteiger partial charge in [0.1, 0.15) is 5.01 Å². The molecule has 2 N–H and O–H groups in total. The van der Waals surface area contributed by atoms with E-state index in [2.05, 4.69) is 9.71 Å². The molecule has 0 saturated carbocycles. The van der Waals surface area contributed by atoms with Gasteiger partial charge in [-0.05, 0) is 23.8 Å². The van der Waals surface area contributed by atoms with Gasteiger partial charge in [0.2, 0.25) is 0 Å². The fraction of sp³-hybridized carbons (Fsp3) is 0.118. The summed E-state index contributed by atoms with van der Waals surface area (Å²) in [5, 5.41) is 12.3. The Kier molecular flexibility index (Phi) is 5.76. The Morgan fingerprint density at radius 3 is 2.62 bits per heavy atom. The minimum Gasteiger partial charge on any atom is -0.392 e. The second kappa shape index (κ2) is 7.87. The smallest absolute Gasteiger partial charge is 0.392 e. The summed E-state index contributed by atoms with van der Waals surface area (Å²) >= 11 is 7.28. The summed E-state index contributed by atoms with van der Waals surface area (Å²) in [7, 11) is 0. The predicted octanol–water partition coefficient (Wildman–Crippen LogP) is 6.20. The number of thiazole rings is 1. The maximum Gasteiger partial charge on any atom is 0.461 e. The average Bonchev–Trinajstić information content (AvgIpc) is 3.09. The molecule has 3 rings (SSSR count). The Hall–Kier alpha value is -1.74. The molecule has 3 nitrogen and oxygen atoms in total. The monoisotopic (exact) mass is 416 g/mol. The summed E-state index contributed by atoms with van der Waals surface area (Å²) in [6.45, 7) is -0.0942. The van der Waals surface area contributed by atoms with Crippen LogP contribution >= 0.6 is 34.9 Å². The van der Waals surface area contributed by atoms with Crippen molar-refractivity contribution >= 4 is 40.6 Å². The molecule has 26 heavy (non-hydrogen) atoms. The van der Waals surface area contributed by atoms with Gasteiger partial charge in [-0.25, -0.2) is 4.98 Å². The number of hydrogen-bond acceptors (Lipinski definition) is 5. The third-order valence-electron chi connectivity index (χ3n) is 3.45. The number of alkyl halides is 3. The Labute approximate surface area is 161 Å². The molecule has 9 heteroatoms. The molecule has 2 aromatic carbocycles. The maximum absolute atomic E-state index is 12.3. The molecule has 3 aromatic rings. The van der Waals surface area contributed by atoms with Crippen molar-refractivity contribution in [3.8, 4) is 21.8 Å². The first-order valence-electron chi connectivity index (χ1n) is 7.33. The molecule has 136 valence electrons. The van der Waals surface area contributed by atoms with Crippen LogP contribution in [0.2, 0.25) is 5.02 Å². The van der Waals surface area contributed by atoms with E-state index < -0.39 is 5.51 Å². The molecule has 0 fully saturated rings. The van der Waals surface area contributed by atoms with Gasteiger partial charge in [-0.2, -0.15) is 13.2 Å². The summed E-state index contributed by atoms with van der Waals surface area (Å²) in [6.07, 6.45) is 0. The molecule has 0 atom stereocenters. The second-order valence-electron chi connectivity index (χ2n) is 5.20. The van der Waals surface area contributed by atoms with Crippen molar-refractivity contribution in [1.82, 2.24) is 4.98 Å². The highest BCUT2D eigenvalue weighted by atomic mass is 35.5. The lowest BCUT2D eigenvalue weighted by atomic mass is 10.1. The number of aliphatic hydroxyl groups is 1. The molecular formula is C17H12ClF3N2OS2. The van der Waals surface area contributed by atoms with Crippen LogP contribution in [0.5, 0.6) is 0 Å². The van der Waals surface area contributed by atoms with Crippen LogP contribution in [0.4, 0.5) is 18.9 Å². The van der Waals surface area contributed by atoms with E-state index in [-0.39, 0.29) is 24.2 Å². The lowest BCUT2D eigenvalue weighted by Gasteiger charge is -2.09. The van der Waals surface area contributed by atoms with E-state index in [0.29, 0.717) is 16.3 Å². The van der Waals surface area contributed by atoms with Crippen LogP contribution in [0, 0.1) is 0 Å². The van der Waals surface area contributed by atoms with Gasteiger partial charge in [-0.3, -0.25) is 0 Å². The highest BCUT2D eigenvalue weighted by Gasteiger charge is 2.29. The van der Waals surface area contributed by atoms with Crippen molar-refractivity contribution < 1.29 is 18.3 Å². The van der Waals surface area contributed by atoms with Gasteiger partial charge in [0, 0.05) is 22.2 Å². The van der Waals surface area contributed by atoms with E-state index >= 15 is 0 Å². The van der Waals surface area contributed by atoms with E-state index in [0.717, 1.165) is 16.1 Å². The number of nitrogens with one attached hydrogen (secondary N) is 1. The number of aliphatic hydroxyl groups excluding tert-OH is 1. The number of hydrogen-bond donors (Lipinski definition) is 2. The molecule has 0 unspecified atom stereocenters. The van der Waals surface area contributed by atoms with Crippen LogP contribution < -0.4 is 4.72 Å². The number of aromatic nitrogens is 1. The summed E-state index contributed by atoms with van der Waals surface area (Å²) in [6, 6.07) is 12.0. The minimum absolute atomic E-state index is 0.0942. The minimum atomic E-state index is -4.38. The lowest BCUT2D eigenvalue weighted by Crippen LogP contribution is -2.04. The van der Waals surface area contributed by atoms with Crippen LogP contribution in [0.3, 0.4) is 0 Å². The van der Waals surface area contributed by atoms with E-state index in [1.54, 1.807) is 6.07 Å². The standard InChI is InChI=1S/C17H12ClF3N2OS2/c18-14-7-11(23-26-17(19,20)21)5-6-13(14)15-9-25-16(22-15)12-4-2-1-3-10(12)8-24/h1-7,9,23-24H,8H2. The quantitative estimate of drug-likeness (QED) is 0.486. The molecule has 0 aliphatic rings. The molecule has 0 amide bonds.